The van der Waals surface area contributed by atoms with Gasteiger partial charge in [-0.05, 0) is 43.0 Å². The predicted octanol–water partition coefficient (Wildman–Crippen LogP) is 4.92. The molecule has 1 heterocycles. The molecule has 2 aromatic carbocycles. The van der Waals surface area contributed by atoms with Crippen molar-refractivity contribution < 1.29 is 4.74 Å². The molecule has 0 aromatic heterocycles. The van der Waals surface area contributed by atoms with E-state index in [1.165, 1.54) is 16.7 Å². The number of hydrogen-bond acceptors (Lipinski definition) is 1. The van der Waals surface area contributed by atoms with Gasteiger partial charge >= 0.3 is 0 Å². The number of benzene rings is 2. The van der Waals surface area contributed by atoms with Crippen LogP contribution in [0.1, 0.15) is 35.9 Å². The highest BCUT2D eigenvalue weighted by atomic mass is 35.5. The molecule has 20 heavy (non-hydrogen) atoms. The molecule has 0 N–H and O–H groups in total. The highest BCUT2D eigenvalue weighted by Gasteiger charge is 2.30. The third-order valence-electron chi connectivity index (χ3n) is 3.71. The Labute approximate surface area is 125 Å². The van der Waals surface area contributed by atoms with E-state index in [1.54, 1.807) is 0 Å². The fourth-order valence-corrected chi connectivity index (χ4v) is 3.08. The first kappa shape index (κ1) is 13.5. The Morgan fingerprint density at radius 1 is 1.15 bits per heavy atom. The average Bonchev–Trinajstić information content (AvgIpc) is 2.72. The van der Waals surface area contributed by atoms with Crippen molar-refractivity contribution in [3.8, 4) is 5.75 Å². The Bertz CT molecular complexity index is 604. The lowest BCUT2D eigenvalue weighted by atomic mass is 9.97. The molecule has 0 radical (unpaired) electrons. The second-order valence-corrected chi connectivity index (χ2v) is 6.59. The van der Waals surface area contributed by atoms with E-state index in [4.69, 9.17) is 16.3 Å². The minimum Gasteiger partial charge on any atom is -0.487 e. The molecule has 1 nitrogen and oxygen atoms in total. The molecule has 1 atom stereocenters. The van der Waals surface area contributed by atoms with E-state index in [0.717, 1.165) is 18.6 Å². The maximum absolute atomic E-state index is 6.57. The molecule has 0 aliphatic carbocycles. The van der Waals surface area contributed by atoms with Crippen molar-refractivity contribution in [2.24, 2.45) is 0 Å². The van der Waals surface area contributed by atoms with E-state index in [1.807, 2.05) is 6.07 Å². The molecule has 1 aliphatic heterocycles. The lowest BCUT2D eigenvalue weighted by Gasteiger charge is -2.16. The fraction of sp³-hybridized carbons (Fsp3) is 0.333. The minimum atomic E-state index is -0.0950. The van der Waals surface area contributed by atoms with E-state index in [2.05, 4.69) is 56.3 Å². The SMILES string of the molecule is CC1(C)Cc2cc(C(Cl)Cc3ccccc3)ccc2O1. The van der Waals surface area contributed by atoms with Gasteiger partial charge < -0.3 is 4.74 Å². The summed E-state index contributed by atoms with van der Waals surface area (Å²) in [5.41, 5.74) is 3.62. The van der Waals surface area contributed by atoms with Gasteiger partial charge in [0.05, 0.1) is 5.38 Å². The molecular weight excluding hydrogens is 268 g/mol. The van der Waals surface area contributed by atoms with Gasteiger partial charge in [-0.15, -0.1) is 11.6 Å². The normalized spacial score (nSPS) is 17.4. The van der Waals surface area contributed by atoms with Crippen molar-refractivity contribution in [1.82, 2.24) is 0 Å². The lowest BCUT2D eigenvalue weighted by molar-refractivity contribution is 0.138. The van der Waals surface area contributed by atoms with Crippen LogP contribution in [0, 0.1) is 0 Å². The lowest BCUT2D eigenvalue weighted by Crippen LogP contribution is -2.24. The Kier molecular flexibility index (Phi) is 3.47. The molecule has 1 aliphatic rings. The smallest absolute Gasteiger partial charge is 0.123 e. The van der Waals surface area contributed by atoms with Crippen LogP contribution in [-0.4, -0.2) is 5.60 Å². The molecule has 0 saturated carbocycles. The molecule has 2 heteroatoms. The quantitative estimate of drug-likeness (QED) is 0.728. The second-order valence-electron chi connectivity index (χ2n) is 6.06. The molecule has 1 unspecified atom stereocenters. The van der Waals surface area contributed by atoms with Gasteiger partial charge in [-0.1, -0.05) is 42.5 Å². The van der Waals surface area contributed by atoms with E-state index in [9.17, 15) is 0 Å². The standard InChI is InChI=1S/C18H19ClO/c1-18(2)12-15-11-14(8-9-17(15)20-18)16(19)10-13-6-4-3-5-7-13/h3-9,11,16H,10,12H2,1-2H3. The Hall–Kier alpha value is -1.47. The summed E-state index contributed by atoms with van der Waals surface area (Å²) < 4.78 is 5.90. The minimum absolute atomic E-state index is 0.00594. The zero-order chi connectivity index (χ0) is 14.2. The molecule has 104 valence electrons. The van der Waals surface area contributed by atoms with Crippen LogP contribution in [0.25, 0.3) is 0 Å². The summed E-state index contributed by atoms with van der Waals surface area (Å²) in [6.45, 7) is 4.24. The predicted molar refractivity (Wildman–Crippen MR) is 83.6 cm³/mol. The number of rotatable bonds is 3. The van der Waals surface area contributed by atoms with Gasteiger partial charge in [0.15, 0.2) is 0 Å². The maximum Gasteiger partial charge on any atom is 0.123 e. The summed E-state index contributed by atoms with van der Waals surface area (Å²) in [7, 11) is 0. The van der Waals surface area contributed by atoms with Gasteiger partial charge in [0.2, 0.25) is 0 Å². The van der Waals surface area contributed by atoms with Crippen molar-refractivity contribution >= 4 is 11.6 Å². The van der Waals surface area contributed by atoms with Gasteiger partial charge in [-0.25, -0.2) is 0 Å². The van der Waals surface area contributed by atoms with Crippen molar-refractivity contribution in [3.63, 3.8) is 0 Å². The number of hydrogen-bond donors (Lipinski definition) is 0. The van der Waals surface area contributed by atoms with Crippen molar-refractivity contribution in [3.05, 3.63) is 65.2 Å². The first-order chi connectivity index (χ1) is 9.53. The van der Waals surface area contributed by atoms with E-state index in [0.29, 0.717) is 0 Å². The largest absolute Gasteiger partial charge is 0.487 e. The molecule has 2 aromatic rings. The molecule has 0 spiro atoms. The Morgan fingerprint density at radius 2 is 1.90 bits per heavy atom. The van der Waals surface area contributed by atoms with Gasteiger partial charge in [0.25, 0.3) is 0 Å². The van der Waals surface area contributed by atoms with E-state index in [-0.39, 0.29) is 11.0 Å². The van der Waals surface area contributed by atoms with Crippen molar-refractivity contribution in [2.45, 2.75) is 37.7 Å². The van der Waals surface area contributed by atoms with Gasteiger partial charge in [-0.2, -0.15) is 0 Å². The Balaban J connectivity index is 1.79. The molecule has 0 amide bonds. The average molecular weight is 287 g/mol. The van der Waals surface area contributed by atoms with Crippen LogP contribution < -0.4 is 4.74 Å². The molecule has 3 rings (SSSR count). The second kappa shape index (κ2) is 5.14. The van der Waals surface area contributed by atoms with Gasteiger partial charge in [-0.3, -0.25) is 0 Å². The third-order valence-corrected chi connectivity index (χ3v) is 4.11. The molecule has 0 bridgehead atoms. The number of ether oxygens (including phenoxy) is 1. The summed E-state index contributed by atoms with van der Waals surface area (Å²) in [6, 6.07) is 16.7. The maximum atomic E-state index is 6.57. The van der Waals surface area contributed by atoms with Crippen molar-refractivity contribution in [1.29, 1.82) is 0 Å². The van der Waals surface area contributed by atoms with Crippen LogP contribution in [-0.2, 0) is 12.8 Å². The summed E-state index contributed by atoms with van der Waals surface area (Å²) in [6.07, 6.45) is 1.80. The van der Waals surface area contributed by atoms with E-state index >= 15 is 0 Å². The highest BCUT2D eigenvalue weighted by molar-refractivity contribution is 6.20. The monoisotopic (exact) mass is 286 g/mol. The van der Waals surface area contributed by atoms with Crippen LogP contribution in [0.4, 0.5) is 0 Å². The van der Waals surface area contributed by atoms with Crippen LogP contribution in [0.2, 0.25) is 0 Å². The first-order valence-electron chi connectivity index (χ1n) is 7.03. The van der Waals surface area contributed by atoms with Crippen LogP contribution in [0.5, 0.6) is 5.75 Å². The summed E-state index contributed by atoms with van der Waals surface area (Å²) in [5.74, 6) is 1.00. The first-order valence-corrected chi connectivity index (χ1v) is 7.47. The van der Waals surface area contributed by atoms with Crippen LogP contribution in [0.3, 0.4) is 0 Å². The number of fused-ring (bicyclic) bond motifs is 1. The summed E-state index contributed by atoms with van der Waals surface area (Å²) in [4.78, 5) is 0. The Morgan fingerprint density at radius 3 is 2.65 bits per heavy atom. The van der Waals surface area contributed by atoms with Crippen molar-refractivity contribution in [2.75, 3.05) is 0 Å². The topological polar surface area (TPSA) is 9.23 Å². The molecule has 0 fully saturated rings. The third kappa shape index (κ3) is 2.83. The zero-order valence-electron chi connectivity index (χ0n) is 11.9. The van der Waals surface area contributed by atoms with Crippen LogP contribution in [0.15, 0.2) is 48.5 Å². The van der Waals surface area contributed by atoms with Crippen LogP contribution >= 0.6 is 11.6 Å². The van der Waals surface area contributed by atoms with Gasteiger partial charge in [0, 0.05) is 6.42 Å². The zero-order valence-corrected chi connectivity index (χ0v) is 12.7. The summed E-state index contributed by atoms with van der Waals surface area (Å²) >= 11 is 6.57. The molecule has 0 saturated heterocycles. The number of alkyl halides is 1. The fourth-order valence-electron chi connectivity index (χ4n) is 2.76. The highest BCUT2D eigenvalue weighted by Crippen LogP contribution is 2.37. The number of halogens is 1. The van der Waals surface area contributed by atoms with Gasteiger partial charge in [0.1, 0.15) is 11.4 Å². The molecular formula is C18H19ClO. The van der Waals surface area contributed by atoms with E-state index < -0.39 is 0 Å². The summed E-state index contributed by atoms with van der Waals surface area (Å²) in [5, 5.41) is 0.00594.